The highest BCUT2D eigenvalue weighted by Gasteiger charge is 2.23. The Balaban J connectivity index is 1.54. The number of nitrogens with one attached hydrogen (secondary N) is 2. The SMILES string of the molecule is CC(C)=NC(=O)c1cccc(CN2CCN(C(=O)c3ccc(NC(=O)NCC(C)C)c(F)c3)CC2)c1. The van der Waals surface area contributed by atoms with Crippen LogP contribution in [0.1, 0.15) is 54.0 Å². The van der Waals surface area contributed by atoms with Crippen molar-refractivity contribution in [2.24, 2.45) is 10.9 Å². The predicted molar refractivity (Wildman–Crippen MR) is 139 cm³/mol. The van der Waals surface area contributed by atoms with E-state index < -0.39 is 11.8 Å². The molecule has 2 aromatic rings. The van der Waals surface area contributed by atoms with Gasteiger partial charge in [-0.15, -0.1) is 0 Å². The maximum atomic E-state index is 14.5. The van der Waals surface area contributed by atoms with Crippen molar-refractivity contribution in [1.82, 2.24) is 15.1 Å². The minimum Gasteiger partial charge on any atom is -0.338 e. The third-order valence-electron chi connectivity index (χ3n) is 5.70. The van der Waals surface area contributed by atoms with Crippen molar-refractivity contribution in [3.63, 3.8) is 0 Å². The highest BCUT2D eigenvalue weighted by atomic mass is 19.1. The summed E-state index contributed by atoms with van der Waals surface area (Å²) in [4.78, 5) is 45.0. The molecule has 1 heterocycles. The van der Waals surface area contributed by atoms with E-state index in [2.05, 4.69) is 20.5 Å². The summed E-state index contributed by atoms with van der Waals surface area (Å²) < 4.78 is 14.5. The second-order valence-electron chi connectivity index (χ2n) is 9.56. The lowest BCUT2D eigenvalue weighted by molar-refractivity contribution is 0.0627. The van der Waals surface area contributed by atoms with Gasteiger partial charge < -0.3 is 15.5 Å². The van der Waals surface area contributed by atoms with Gasteiger partial charge in [0.1, 0.15) is 5.82 Å². The van der Waals surface area contributed by atoms with E-state index in [1.165, 1.54) is 12.1 Å². The molecule has 0 bridgehead atoms. The number of amides is 4. The van der Waals surface area contributed by atoms with E-state index in [0.717, 1.165) is 11.6 Å². The van der Waals surface area contributed by atoms with Crippen LogP contribution in [0, 0.1) is 11.7 Å². The number of benzene rings is 2. The molecule has 9 heteroatoms. The minimum atomic E-state index is -0.656. The Morgan fingerprint density at radius 1 is 1.00 bits per heavy atom. The van der Waals surface area contributed by atoms with E-state index in [1.54, 1.807) is 24.8 Å². The number of rotatable bonds is 7. The molecule has 1 saturated heterocycles. The summed E-state index contributed by atoms with van der Waals surface area (Å²) >= 11 is 0. The first-order chi connectivity index (χ1) is 17.1. The van der Waals surface area contributed by atoms with Gasteiger partial charge in [-0.2, -0.15) is 0 Å². The highest BCUT2D eigenvalue weighted by Crippen LogP contribution is 2.19. The Bertz CT molecular complexity index is 1140. The number of hydrogen-bond acceptors (Lipinski definition) is 4. The summed E-state index contributed by atoms with van der Waals surface area (Å²) in [5.41, 5.74) is 2.54. The molecule has 0 aliphatic carbocycles. The monoisotopic (exact) mass is 495 g/mol. The Morgan fingerprint density at radius 3 is 2.36 bits per heavy atom. The van der Waals surface area contributed by atoms with Crippen LogP contribution < -0.4 is 10.6 Å². The van der Waals surface area contributed by atoms with Crippen molar-refractivity contribution in [3.05, 3.63) is 65.0 Å². The quantitative estimate of drug-likeness (QED) is 0.564. The second-order valence-corrected chi connectivity index (χ2v) is 9.56. The Kier molecular flexibility index (Phi) is 9.30. The first-order valence-corrected chi connectivity index (χ1v) is 12.1. The molecule has 1 aliphatic heterocycles. The van der Waals surface area contributed by atoms with Crippen LogP contribution in [0.15, 0.2) is 47.5 Å². The maximum Gasteiger partial charge on any atom is 0.319 e. The maximum absolute atomic E-state index is 14.5. The third kappa shape index (κ3) is 7.71. The molecule has 0 spiro atoms. The van der Waals surface area contributed by atoms with Crippen molar-refractivity contribution in [2.45, 2.75) is 34.2 Å². The van der Waals surface area contributed by atoms with E-state index >= 15 is 0 Å². The van der Waals surface area contributed by atoms with E-state index in [9.17, 15) is 18.8 Å². The van der Waals surface area contributed by atoms with Crippen LogP contribution in [-0.4, -0.2) is 66.1 Å². The van der Waals surface area contributed by atoms with Crippen molar-refractivity contribution in [2.75, 3.05) is 38.0 Å². The molecule has 8 nitrogen and oxygen atoms in total. The van der Waals surface area contributed by atoms with Gasteiger partial charge in [0, 0.05) is 56.1 Å². The lowest BCUT2D eigenvalue weighted by atomic mass is 10.1. The van der Waals surface area contributed by atoms with Gasteiger partial charge in [0.05, 0.1) is 5.69 Å². The fourth-order valence-corrected chi connectivity index (χ4v) is 3.83. The molecular formula is C27H34FN5O3. The number of carbonyl (C=O) groups excluding carboxylic acids is 3. The molecule has 1 aliphatic rings. The number of piperazine rings is 1. The molecule has 4 amide bonds. The fraction of sp³-hybridized carbons (Fsp3) is 0.407. The molecule has 0 aromatic heterocycles. The van der Waals surface area contributed by atoms with Crippen LogP contribution in [0.2, 0.25) is 0 Å². The number of urea groups is 1. The molecule has 2 aromatic carbocycles. The van der Waals surface area contributed by atoms with Crippen LogP contribution in [0.5, 0.6) is 0 Å². The van der Waals surface area contributed by atoms with Crippen LogP contribution >= 0.6 is 0 Å². The second kappa shape index (κ2) is 12.4. The molecule has 0 radical (unpaired) electrons. The molecule has 0 saturated carbocycles. The van der Waals surface area contributed by atoms with E-state index in [0.29, 0.717) is 50.5 Å². The topological polar surface area (TPSA) is 94.1 Å². The van der Waals surface area contributed by atoms with Crippen molar-refractivity contribution in [3.8, 4) is 0 Å². The van der Waals surface area contributed by atoms with Gasteiger partial charge in [0.2, 0.25) is 0 Å². The van der Waals surface area contributed by atoms with E-state index in [4.69, 9.17) is 0 Å². The van der Waals surface area contributed by atoms with Gasteiger partial charge in [0.25, 0.3) is 11.8 Å². The smallest absolute Gasteiger partial charge is 0.319 e. The lowest BCUT2D eigenvalue weighted by Crippen LogP contribution is -2.48. The number of hydrogen-bond donors (Lipinski definition) is 2. The molecule has 36 heavy (non-hydrogen) atoms. The lowest BCUT2D eigenvalue weighted by Gasteiger charge is -2.35. The summed E-state index contributed by atoms with van der Waals surface area (Å²) in [6, 6.07) is 11.0. The third-order valence-corrected chi connectivity index (χ3v) is 5.70. The molecule has 1 fully saturated rings. The number of aliphatic imine (C=N–C) groups is 1. The number of anilines is 1. The Hall–Kier alpha value is -3.59. The van der Waals surface area contributed by atoms with E-state index in [1.807, 2.05) is 32.0 Å². The van der Waals surface area contributed by atoms with Crippen LogP contribution in [0.3, 0.4) is 0 Å². The molecule has 2 N–H and O–H groups in total. The highest BCUT2D eigenvalue weighted by molar-refractivity contribution is 6.02. The summed E-state index contributed by atoms with van der Waals surface area (Å²) in [5, 5.41) is 5.14. The Labute approximate surface area is 211 Å². The molecule has 192 valence electrons. The average molecular weight is 496 g/mol. The zero-order chi connectivity index (χ0) is 26.2. The van der Waals surface area contributed by atoms with Gasteiger partial charge in [0.15, 0.2) is 0 Å². The molecular weight excluding hydrogens is 461 g/mol. The zero-order valence-corrected chi connectivity index (χ0v) is 21.3. The number of carbonyl (C=O) groups is 3. The first kappa shape index (κ1) is 27.0. The van der Waals surface area contributed by atoms with Crippen molar-refractivity contribution >= 4 is 29.2 Å². The van der Waals surface area contributed by atoms with Crippen molar-refractivity contribution < 1.29 is 18.8 Å². The van der Waals surface area contributed by atoms with Gasteiger partial charge in [-0.25, -0.2) is 14.2 Å². The normalized spacial score (nSPS) is 13.9. The van der Waals surface area contributed by atoms with Gasteiger partial charge in [-0.3, -0.25) is 14.5 Å². The minimum absolute atomic E-state index is 0.0260. The van der Waals surface area contributed by atoms with Gasteiger partial charge in [-0.05, 0) is 55.7 Å². The molecule has 0 atom stereocenters. The number of nitrogens with zero attached hydrogens (tertiary/aromatic N) is 3. The van der Waals surface area contributed by atoms with Crippen LogP contribution in [0.4, 0.5) is 14.9 Å². The first-order valence-electron chi connectivity index (χ1n) is 12.1. The summed E-state index contributed by atoms with van der Waals surface area (Å²) in [6.45, 7) is 11.0. The van der Waals surface area contributed by atoms with Gasteiger partial charge >= 0.3 is 6.03 Å². The zero-order valence-electron chi connectivity index (χ0n) is 21.3. The Morgan fingerprint density at radius 2 is 1.72 bits per heavy atom. The van der Waals surface area contributed by atoms with Crippen LogP contribution in [0.25, 0.3) is 0 Å². The largest absolute Gasteiger partial charge is 0.338 e. The van der Waals surface area contributed by atoms with Crippen LogP contribution in [-0.2, 0) is 6.54 Å². The van der Waals surface area contributed by atoms with E-state index in [-0.39, 0.29) is 29.0 Å². The molecule has 0 unspecified atom stereocenters. The van der Waals surface area contributed by atoms with Gasteiger partial charge in [-0.1, -0.05) is 26.0 Å². The van der Waals surface area contributed by atoms with Crippen molar-refractivity contribution in [1.29, 1.82) is 0 Å². The summed E-state index contributed by atoms with van der Waals surface area (Å²) in [6.07, 6.45) is 0. The number of halogens is 1. The standard InChI is InChI=1S/C27H34FN5O3/c1-18(2)16-29-27(36)31-24-9-8-22(15-23(24)28)26(35)33-12-10-32(11-13-33)17-20-6-5-7-21(14-20)25(34)30-19(3)4/h5-9,14-15,18H,10-13,16-17H2,1-4H3,(H2,29,31,36). The summed E-state index contributed by atoms with van der Waals surface area (Å²) in [5.74, 6) is -0.877. The predicted octanol–water partition coefficient (Wildman–Crippen LogP) is 4.18. The average Bonchev–Trinajstić information content (AvgIpc) is 2.84. The molecule has 3 rings (SSSR count). The summed E-state index contributed by atoms with van der Waals surface area (Å²) in [7, 11) is 0. The fourth-order valence-electron chi connectivity index (χ4n) is 3.83.